The molecule has 7 nitrogen and oxygen atoms in total. The Bertz CT molecular complexity index is 1110. The van der Waals surface area contributed by atoms with Crippen LogP contribution in [0, 0.1) is 6.92 Å². The van der Waals surface area contributed by atoms with Crippen LogP contribution in [0.5, 0.6) is 5.75 Å². The van der Waals surface area contributed by atoms with Gasteiger partial charge in [-0.3, -0.25) is 9.48 Å². The van der Waals surface area contributed by atoms with Crippen molar-refractivity contribution in [1.82, 2.24) is 9.78 Å². The number of aryl methyl sites for hydroxylation is 1. The Kier molecular flexibility index (Phi) is 5.71. The average molecular weight is 420 g/mol. The number of hydrogen-bond donors (Lipinski definition) is 1. The maximum Gasteiger partial charge on any atom is 0.246 e. The van der Waals surface area contributed by atoms with Gasteiger partial charge in [0, 0.05) is 23.0 Å². The van der Waals surface area contributed by atoms with E-state index in [1.165, 1.54) is 48.2 Å². The summed E-state index contributed by atoms with van der Waals surface area (Å²) in [7, 11) is -2.39. The predicted octanol–water partition coefficient (Wildman–Crippen LogP) is 3.33. The Morgan fingerprint density at radius 2 is 1.89 bits per heavy atom. The minimum atomic E-state index is -3.81. The number of methoxy groups -OCH3 is 1. The van der Waals surface area contributed by atoms with Crippen molar-refractivity contribution in [3.63, 3.8) is 0 Å². The number of carbonyl (C=O) groups is 1. The third kappa shape index (κ3) is 4.52. The van der Waals surface area contributed by atoms with Crippen molar-refractivity contribution in [1.29, 1.82) is 0 Å². The first-order valence-corrected chi connectivity index (χ1v) is 10.1. The molecule has 0 aliphatic heterocycles. The SMILES string of the molecule is COc1cc(NC(=O)Cn2cc(C)cn2)cc(S(=O)(=O)c2ccc(Cl)cc2)c1. The molecule has 1 N–H and O–H groups in total. The van der Waals surface area contributed by atoms with Gasteiger partial charge in [-0.2, -0.15) is 5.10 Å². The first-order valence-electron chi connectivity index (χ1n) is 8.26. The van der Waals surface area contributed by atoms with Crippen LogP contribution < -0.4 is 10.1 Å². The van der Waals surface area contributed by atoms with E-state index in [0.717, 1.165) is 5.56 Å². The van der Waals surface area contributed by atoms with Crippen molar-refractivity contribution in [3.8, 4) is 5.75 Å². The number of anilines is 1. The van der Waals surface area contributed by atoms with Crippen LogP contribution in [0.1, 0.15) is 5.56 Å². The molecule has 0 aliphatic carbocycles. The van der Waals surface area contributed by atoms with E-state index >= 15 is 0 Å². The Hall–Kier alpha value is -2.84. The van der Waals surface area contributed by atoms with Crippen LogP contribution in [0.4, 0.5) is 5.69 Å². The van der Waals surface area contributed by atoms with Crippen LogP contribution in [0.2, 0.25) is 5.02 Å². The molecule has 3 aromatic rings. The quantitative estimate of drug-likeness (QED) is 0.661. The second kappa shape index (κ2) is 8.04. The highest BCUT2D eigenvalue weighted by atomic mass is 35.5. The minimum absolute atomic E-state index is 0.000550. The number of rotatable bonds is 6. The fraction of sp³-hybridized carbons (Fsp3) is 0.158. The monoisotopic (exact) mass is 419 g/mol. The number of hydrogen-bond acceptors (Lipinski definition) is 5. The summed E-state index contributed by atoms with van der Waals surface area (Å²) in [6.45, 7) is 1.88. The molecule has 0 aliphatic rings. The number of halogens is 1. The van der Waals surface area contributed by atoms with Gasteiger partial charge in [-0.1, -0.05) is 11.6 Å². The minimum Gasteiger partial charge on any atom is -0.497 e. The molecule has 2 aromatic carbocycles. The van der Waals surface area contributed by atoms with Gasteiger partial charge < -0.3 is 10.1 Å². The van der Waals surface area contributed by atoms with Gasteiger partial charge >= 0.3 is 0 Å². The van der Waals surface area contributed by atoms with Gasteiger partial charge in [0.05, 0.1) is 23.1 Å². The van der Waals surface area contributed by atoms with E-state index in [2.05, 4.69) is 10.4 Å². The number of nitrogens with one attached hydrogen (secondary N) is 1. The van der Waals surface area contributed by atoms with Crippen molar-refractivity contribution in [2.75, 3.05) is 12.4 Å². The molecular weight excluding hydrogens is 402 g/mol. The molecule has 9 heteroatoms. The van der Waals surface area contributed by atoms with Crippen molar-refractivity contribution in [2.24, 2.45) is 0 Å². The van der Waals surface area contributed by atoms with E-state index in [9.17, 15) is 13.2 Å². The molecule has 0 saturated heterocycles. The zero-order valence-corrected chi connectivity index (χ0v) is 16.8. The lowest BCUT2D eigenvalue weighted by atomic mass is 10.3. The number of carbonyl (C=O) groups excluding carboxylic acids is 1. The highest BCUT2D eigenvalue weighted by molar-refractivity contribution is 7.91. The summed E-state index contributed by atoms with van der Waals surface area (Å²) in [6.07, 6.45) is 3.39. The van der Waals surface area contributed by atoms with Crippen molar-refractivity contribution >= 4 is 33.0 Å². The second-order valence-electron chi connectivity index (χ2n) is 6.12. The molecule has 28 heavy (non-hydrogen) atoms. The first-order chi connectivity index (χ1) is 13.3. The van der Waals surface area contributed by atoms with Crippen LogP contribution in [-0.2, 0) is 21.2 Å². The number of sulfone groups is 1. The summed E-state index contributed by atoms with van der Waals surface area (Å²) in [4.78, 5) is 12.4. The summed E-state index contributed by atoms with van der Waals surface area (Å²) >= 11 is 5.84. The maximum atomic E-state index is 12.9. The number of benzene rings is 2. The summed E-state index contributed by atoms with van der Waals surface area (Å²) < 4.78 is 32.5. The highest BCUT2D eigenvalue weighted by Gasteiger charge is 2.20. The molecule has 0 unspecified atom stereocenters. The van der Waals surface area contributed by atoms with Crippen LogP contribution in [0.15, 0.2) is 64.6 Å². The van der Waals surface area contributed by atoms with E-state index < -0.39 is 9.84 Å². The number of nitrogens with zero attached hydrogens (tertiary/aromatic N) is 2. The van der Waals surface area contributed by atoms with Gasteiger partial charge in [-0.25, -0.2) is 8.42 Å². The van der Waals surface area contributed by atoms with Crippen molar-refractivity contribution < 1.29 is 17.9 Å². The van der Waals surface area contributed by atoms with Crippen molar-refractivity contribution in [2.45, 2.75) is 23.3 Å². The zero-order chi connectivity index (χ0) is 20.3. The number of aromatic nitrogens is 2. The second-order valence-corrected chi connectivity index (χ2v) is 8.50. The molecule has 0 atom stereocenters. The van der Waals surface area contributed by atoms with Gasteiger partial charge in [0.1, 0.15) is 12.3 Å². The van der Waals surface area contributed by atoms with E-state index in [4.69, 9.17) is 16.3 Å². The summed E-state index contributed by atoms with van der Waals surface area (Å²) in [6, 6.07) is 10.2. The Balaban J connectivity index is 1.89. The van der Waals surface area contributed by atoms with Crippen LogP contribution in [0.3, 0.4) is 0 Å². The van der Waals surface area contributed by atoms with Gasteiger partial charge in [-0.05, 0) is 48.9 Å². The topological polar surface area (TPSA) is 90.3 Å². The normalized spacial score (nSPS) is 11.2. The van der Waals surface area contributed by atoms with Gasteiger partial charge in [0.2, 0.25) is 15.7 Å². The fourth-order valence-electron chi connectivity index (χ4n) is 2.57. The third-order valence-corrected chi connectivity index (χ3v) is 5.90. The van der Waals surface area contributed by atoms with E-state index in [0.29, 0.717) is 16.5 Å². The Morgan fingerprint density at radius 3 is 2.50 bits per heavy atom. The van der Waals surface area contributed by atoms with E-state index in [-0.39, 0.29) is 22.2 Å². The Morgan fingerprint density at radius 1 is 1.18 bits per heavy atom. The molecular formula is C19H18ClN3O4S. The zero-order valence-electron chi connectivity index (χ0n) is 15.2. The molecule has 1 heterocycles. The highest BCUT2D eigenvalue weighted by Crippen LogP contribution is 2.29. The maximum absolute atomic E-state index is 12.9. The largest absolute Gasteiger partial charge is 0.497 e. The number of amides is 1. The molecule has 0 spiro atoms. The Labute approximate surface area is 167 Å². The summed E-state index contributed by atoms with van der Waals surface area (Å²) in [5, 5.41) is 7.18. The van der Waals surface area contributed by atoms with Gasteiger partial charge in [0.25, 0.3) is 0 Å². The smallest absolute Gasteiger partial charge is 0.246 e. The lowest BCUT2D eigenvalue weighted by Gasteiger charge is -2.11. The van der Waals surface area contributed by atoms with Crippen LogP contribution in [-0.4, -0.2) is 31.2 Å². The molecule has 0 fully saturated rings. The molecule has 0 radical (unpaired) electrons. The van der Waals surface area contributed by atoms with E-state index in [1.54, 1.807) is 18.5 Å². The molecule has 1 amide bonds. The average Bonchev–Trinajstić information content (AvgIpc) is 3.06. The molecule has 0 bridgehead atoms. The summed E-state index contributed by atoms with van der Waals surface area (Å²) in [5.41, 5.74) is 1.24. The number of ether oxygens (including phenoxy) is 1. The lowest BCUT2D eigenvalue weighted by Crippen LogP contribution is -2.19. The molecule has 146 valence electrons. The standard InChI is InChI=1S/C19H18ClN3O4S/c1-13-10-21-23(11-13)12-19(24)22-15-7-16(27-2)9-18(8-15)28(25,26)17-5-3-14(20)4-6-17/h3-11H,12H2,1-2H3,(H,22,24). The molecule has 3 rings (SSSR count). The lowest BCUT2D eigenvalue weighted by molar-refractivity contribution is -0.116. The first kappa shape index (κ1) is 19.9. The molecule has 0 saturated carbocycles. The van der Waals surface area contributed by atoms with Gasteiger partial charge in [0.15, 0.2) is 0 Å². The molecule has 1 aromatic heterocycles. The van der Waals surface area contributed by atoms with E-state index in [1.807, 2.05) is 6.92 Å². The van der Waals surface area contributed by atoms with Gasteiger partial charge in [-0.15, -0.1) is 0 Å². The summed E-state index contributed by atoms with van der Waals surface area (Å²) in [5.74, 6) is -0.0357. The third-order valence-electron chi connectivity index (χ3n) is 3.90. The van der Waals surface area contributed by atoms with Crippen LogP contribution in [0.25, 0.3) is 0 Å². The predicted molar refractivity (Wildman–Crippen MR) is 105 cm³/mol. The van der Waals surface area contributed by atoms with Crippen molar-refractivity contribution in [3.05, 3.63) is 65.4 Å². The fourth-order valence-corrected chi connectivity index (χ4v) is 4.01. The van der Waals surface area contributed by atoms with Crippen LogP contribution >= 0.6 is 11.6 Å².